The zero-order valence-corrected chi connectivity index (χ0v) is 18.9. The third-order valence-electron chi connectivity index (χ3n) is 3.72. The Morgan fingerprint density at radius 3 is 2.41 bits per heavy atom. The molecule has 154 valence electrons. The van der Waals surface area contributed by atoms with Crippen molar-refractivity contribution in [3.05, 3.63) is 58.1 Å². The maximum Gasteiger partial charge on any atom is 0.261 e. The Kier molecular flexibility index (Phi) is 8.60. The Morgan fingerprint density at radius 1 is 1.10 bits per heavy atom. The fraction of sp³-hybridized carbons (Fsp3) is 0.286. The second-order valence-electron chi connectivity index (χ2n) is 6.55. The van der Waals surface area contributed by atoms with Crippen LogP contribution in [0.4, 0.5) is 5.69 Å². The van der Waals surface area contributed by atoms with Crippen LogP contribution in [0.15, 0.2) is 46.9 Å². The summed E-state index contributed by atoms with van der Waals surface area (Å²) in [6.45, 7) is 6.41. The van der Waals surface area contributed by atoms with E-state index in [1.807, 2.05) is 26.8 Å². The van der Waals surface area contributed by atoms with E-state index in [4.69, 9.17) is 17.0 Å². The van der Waals surface area contributed by atoms with Gasteiger partial charge in [0.1, 0.15) is 5.75 Å². The number of hydrogen-bond donors (Lipinski definition) is 3. The van der Waals surface area contributed by atoms with E-state index in [0.29, 0.717) is 29.1 Å². The van der Waals surface area contributed by atoms with Crippen molar-refractivity contribution in [2.75, 3.05) is 11.9 Å². The van der Waals surface area contributed by atoms with Crippen molar-refractivity contribution in [2.45, 2.75) is 33.3 Å². The minimum atomic E-state index is -0.380. The summed E-state index contributed by atoms with van der Waals surface area (Å²) in [6, 6.07) is 12.1. The normalized spacial score (nSPS) is 10.4. The lowest BCUT2D eigenvalue weighted by Crippen LogP contribution is -2.34. The van der Waals surface area contributed by atoms with Gasteiger partial charge in [-0.2, -0.15) is 0 Å². The lowest BCUT2D eigenvalue weighted by Gasteiger charge is -2.15. The molecule has 0 saturated heterocycles. The molecule has 6 nitrogen and oxygen atoms in total. The molecule has 0 bridgehead atoms. The highest BCUT2D eigenvalue weighted by atomic mass is 79.9. The predicted molar refractivity (Wildman–Crippen MR) is 123 cm³/mol. The van der Waals surface area contributed by atoms with Crippen LogP contribution >= 0.6 is 28.1 Å². The van der Waals surface area contributed by atoms with Crippen LogP contribution in [0.1, 0.15) is 47.9 Å². The highest BCUT2D eigenvalue weighted by Gasteiger charge is 2.16. The Labute approximate surface area is 184 Å². The molecule has 0 aliphatic heterocycles. The van der Waals surface area contributed by atoms with Gasteiger partial charge in [-0.1, -0.05) is 22.9 Å². The molecule has 3 N–H and O–H groups in total. The van der Waals surface area contributed by atoms with Gasteiger partial charge in [0.05, 0.1) is 11.7 Å². The third kappa shape index (κ3) is 7.14. The quantitative estimate of drug-likeness (QED) is 0.511. The van der Waals surface area contributed by atoms with E-state index in [1.165, 1.54) is 0 Å². The molecule has 8 heteroatoms. The smallest absolute Gasteiger partial charge is 0.261 e. The minimum absolute atomic E-state index is 0.0687. The molecular weight excluding hydrogens is 454 g/mol. The van der Waals surface area contributed by atoms with Gasteiger partial charge in [0, 0.05) is 22.3 Å². The highest BCUT2D eigenvalue weighted by molar-refractivity contribution is 9.10. The number of carbonyl (C=O) groups is 2. The van der Waals surface area contributed by atoms with Crippen molar-refractivity contribution in [1.82, 2.24) is 10.6 Å². The lowest BCUT2D eigenvalue weighted by molar-refractivity contribution is 0.0950. The first-order chi connectivity index (χ1) is 13.8. The highest BCUT2D eigenvalue weighted by Crippen LogP contribution is 2.24. The Hall–Kier alpha value is -2.45. The Bertz CT molecular complexity index is 885. The van der Waals surface area contributed by atoms with Gasteiger partial charge in [-0.25, -0.2) is 0 Å². The molecular formula is C21H24BrN3O3S. The van der Waals surface area contributed by atoms with Crippen molar-refractivity contribution in [3.63, 3.8) is 0 Å². The van der Waals surface area contributed by atoms with E-state index in [9.17, 15) is 9.59 Å². The van der Waals surface area contributed by atoms with Crippen molar-refractivity contribution >= 4 is 50.8 Å². The Morgan fingerprint density at radius 2 is 1.79 bits per heavy atom. The summed E-state index contributed by atoms with van der Waals surface area (Å²) in [5, 5.41) is 8.56. The number of hydrogen-bond acceptors (Lipinski definition) is 4. The molecule has 0 radical (unpaired) electrons. The van der Waals surface area contributed by atoms with Crippen LogP contribution in [-0.4, -0.2) is 29.6 Å². The summed E-state index contributed by atoms with van der Waals surface area (Å²) in [6.07, 6.45) is 0.808. The van der Waals surface area contributed by atoms with Crippen LogP contribution in [0.2, 0.25) is 0 Å². The van der Waals surface area contributed by atoms with Crippen LogP contribution in [0.3, 0.4) is 0 Å². The molecule has 0 aliphatic carbocycles. The van der Waals surface area contributed by atoms with Gasteiger partial charge in [-0.05, 0) is 75.0 Å². The number of nitrogens with one attached hydrogen (secondary N) is 3. The number of halogens is 1. The summed E-state index contributed by atoms with van der Waals surface area (Å²) < 4.78 is 6.46. The third-order valence-corrected chi connectivity index (χ3v) is 4.41. The Balaban J connectivity index is 2.01. The van der Waals surface area contributed by atoms with Crippen LogP contribution in [0.5, 0.6) is 5.75 Å². The number of anilines is 1. The van der Waals surface area contributed by atoms with Crippen LogP contribution < -0.4 is 20.7 Å². The molecule has 0 spiro atoms. The minimum Gasteiger partial charge on any atom is -0.490 e. The zero-order chi connectivity index (χ0) is 21.4. The van der Waals surface area contributed by atoms with Gasteiger partial charge in [-0.3, -0.25) is 14.9 Å². The lowest BCUT2D eigenvalue weighted by atomic mass is 10.2. The number of thiocarbonyl (C=S) groups is 1. The first-order valence-corrected chi connectivity index (χ1v) is 10.5. The predicted octanol–water partition coefficient (Wildman–Crippen LogP) is 4.50. The average molecular weight is 478 g/mol. The molecule has 0 saturated carbocycles. The molecule has 0 aromatic heterocycles. The maximum absolute atomic E-state index is 12.7. The SMILES string of the molecule is CCCNC(=O)c1ccc(NC(=S)NC(=O)c2cc(Br)ccc2OC(C)C)cc1. The molecule has 0 unspecified atom stereocenters. The topological polar surface area (TPSA) is 79.5 Å². The van der Waals surface area contributed by atoms with Gasteiger partial charge < -0.3 is 15.4 Å². The van der Waals surface area contributed by atoms with Gasteiger partial charge in [0.25, 0.3) is 11.8 Å². The molecule has 0 fully saturated rings. The van der Waals surface area contributed by atoms with E-state index >= 15 is 0 Å². The summed E-state index contributed by atoms with van der Waals surface area (Å²) in [4.78, 5) is 24.6. The fourth-order valence-corrected chi connectivity index (χ4v) is 2.99. The summed E-state index contributed by atoms with van der Waals surface area (Å²) in [5.74, 6) is -0.0254. The van der Waals surface area contributed by atoms with Crippen molar-refractivity contribution in [3.8, 4) is 5.75 Å². The van der Waals surface area contributed by atoms with Gasteiger partial charge in [0.2, 0.25) is 0 Å². The van der Waals surface area contributed by atoms with Crippen molar-refractivity contribution in [1.29, 1.82) is 0 Å². The van der Waals surface area contributed by atoms with Crippen LogP contribution in [-0.2, 0) is 0 Å². The molecule has 0 aliphatic rings. The maximum atomic E-state index is 12.7. The second kappa shape index (κ2) is 10.9. The molecule has 2 amide bonds. The van der Waals surface area contributed by atoms with E-state index < -0.39 is 0 Å². The van der Waals surface area contributed by atoms with E-state index in [1.54, 1.807) is 36.4 Å². The number of amides is 2. The number of carbonyl (C=O) groups excluding carboxylic acids is 2. The van der Waals surface area contributed by atoms with Crippen molar-refractivity contribution in [2.24, 2.45) is 0 Å². The van der Waals surface area contributed by atoms with Gasteiger partial charge >= 0.3 is 0 Å². The number of ether oxygens (including phenoxy) is 1. The summed E-state index contributed by atoms with van der Waals surface area (Å²) in [5.41, 5.74) is 1.60. The molecule has 2 rings (SSSR count). The summed E-state index contributed by atoms with van der Waals surface area (Å²) in [7, 11) is 0. The van der Waals surface area contributed by atoms with Crippen molar-refractivity contribution < 1.29 is 14.3 Å². The fourth-order valence-electron chi connectivity index (χ4n) is 2.41. The molecule has 2 aromatic carbocycles. The molecule has 2 aromatic rings. The standard InChI is InChI=1S/C21H24BrN3O3S/c1-4-11-23-19(26)14-5-8-16(9-6-14)24-21(29)25-20(27)17-12-15(22)7-10-18(17)28-13(2)3/h5-10,12-13H,4,11H2,1-3H3,(H,23,26)(H2,24,25,27,29). The second-order valence-corrected chi connectivity index (χ2v) is 7.87. The first kappa shape index (κ1) is 22.8. The summed E-state index contributed by atoms with van der Waals surface area (Å²) >= 11 is 8.61. The van der Waals surface area contributed by atoms with Crippen LogP contribution in [0.25, 0.3) is 0 Å². The first-order valence-electron chi connectivity index (χ1n) is 9.27. The van der Waals surface area contributed by atoms with E-state index in [-0.39, 0.29) is 23.0 Å². The average Bonchev–Trinajstić information content (AvgIpc) is 2.67. The van der Waals surface area contributed by atoms with Gasteiger partial charge in [-0.15, -0.1) is 0 Å². The molecule has 0 heterocycles. The van der Waals surface area contributed by atoms with E-state index in [2.05, 4.69) is 31.9 Å². The number of rotatable bonds is 7. The monoisotopic (exact) mass is 477 g/mol. The van der Waals surface area contributed by atoms with Crippen LogP contribution in [0, 0.1) is 0 Å². The largest absolute Gasteiger partial charge is 0.490 e. The van der Waals surface area contributed by atoms with Gasteiger partial charge in [0.15, 0.2) is 5.11 Å². The van der Waals surface area contributed by atoms with E-state index in [0.717, 1.165) is 10.9 Å². The number of benzene rings is 2. The molecule has 0 atom stereocenters. The zero-order valence-electron chi connectivity index (χ0n) is 16.5. The molecule has 29 heavy (non-hydrogen) atoms.